The third kappa shape index (κ3) is 4.69. The molecule has 1 aliphatic carbocycles. The number of Topliss-reactive ketones (excluding diaryl/α,β-unsaturated/α-hetero) is 1. The standard InChI is InChI=1S/C31H23NO5/c1-18-16-21(12-14-29(18)36-19(2)33)32-28-17-27(31(35)26-11-7-5-9-24(26)28)23-13-15-30(37-20(3)34)25-10-6-4-8-22(23)25/h4-17H,1-3H3. The van der Waals surface area contributed by atoms with Gasteiger partial charge in [0.05, 0.1) is 11.4 Å². The van der Waals surface area contributed by atoms with Crippen LogP contribution in [0, 0.1) is 6.92 Å². The fourth-order valence-electron chi connectivity index (χ4n) is 4.48. The van der Waals surface area contributed by atoms with Gasteiger partial charge in [0.1, 0.15) is 11.5 Å². The molecule has 0 N–H and O–H groups in total. The number of aryl methyl sites for hydroxylation is 1. The first kappa shape index (κ1) is 23.9. The summed E-state index contributed by atoms with van der Waals surface area (Å²) in [6, 6.07) is 23.7. The molecule has 4 aromatic rings. The number of benzene rings is 4. The molecule has 5 rings (SSSR count). The number of hydrogen-bond acceptors (Lipinski definition) is 6. The molecule has 0 atom stereocenters. The Balaban J connectivity index is 1.67. The number of rotatable bonds is 4. The molecule has 0 fully saturated rings. The molecule has 0 saturated carbocycles. The van der Waals surface area contributed by atoms with Gasteiger partial charge in [0.2, 0.25) is 0 Å². The number of nitrogens with zero attached hydrogens (tertiary/aromatic N) is 1. The number of hydrogen-bond donors (Lipinski definition) is 0. The van der Waals surface area contributed by atoms with Crippen LogP contribution in [0.15, 0.2) is 89.9 Å². The molecule has 0 amide bonds. The number of esters is 2. The topological polar surface area (TPSA) is 82.0 Å². The van der Waals surface area contributed by atoms with Crippen molar-refractivity contribution < 1.29 is 23.9 Å². The molecule has 0 radical (unpaired) electrons. The predicted octanol–water partition coefficient (Wildman–Crippen LogP) is 6.40. The minimum atomic E-state index is -0.413. The Kier molecular flexibility index (Phi) is 6.24. The molecule has 4 aromatic carbocycles. The Morgan fingerprint density at radius 3 is 2.03 bits per heavy atom. The highest BCUT2D eigenvalue weighted by molar-refractivity contribution is 6.40. The molecule has 0 aromatic heterocycles. The maximum atomic E-state index is 13.7. The van der Waals surface area contributed by atoms with E-state index in [1.165, 1.54) is 13.8 Å². The molecule has 0 bridgehead atoms. The maximum Gasteiger partial charge on any atom is 0.308 e. The zero-order chi connectivity index (χ0) is 26.1. The highest BCUT2D eigenvalue weighted by Crippen LogP contribution is 2.36. The van der Waals surface area contributed by atoms with Gasteiger partial charge in [-0.15, -0.1) is 0 Å². The normalized spacial score (nSPS) is 13.8. The van der Waals surface area contributed by atoms with Crippen molar-refractivity contribution in [1.82, 2.24) is 0 Å². The van der Waals surface area contributed by atoms with Gasteiger partial charge in [0.25, 0.3) is 0 Å². The first-order valence-electron chi connectivity index (χ1n) is 11.8. The quantitative estimate of drug-likeness (QED) is 0.245. The summed E-state index contributed by atoms with van der Waals surface area (Å²) in [4.78, 5) is 41.5. The number of fused-ring (bicyclic) bond motifs is 2. The van der Waals surface area contributed by atoms with E-state index in [0.717, 1.165) is 27.5 Å². The van der Waals surface area contributed by atoms with Gasteiger partial charge in [0.15, 0.2) is 5.78 Å². The largest absolute Gasteiger partial charge is 0.426 e. The molecule has 0 aliphatic heterocycles. The van der Waals surface area contributed by atoms with Crippen LogP contribution >= 0.6 is 0 Å². The van der Waals surface area contributed by atoms with Crippen LogP contribution in [0.1, 0.15) is 40.9 Å². The van der Waals surface area contributed by atoms with Crippen molar-refractivity contribution in [2.75, 3.05) is 0 Å². The van der Waals surface area contributed by atoms with Crippen molar-refractivity contribution in [2.24, 2.45) is 4.99 Å². The van der Waals surface area contributed by atoms with E-state index in [0.29, 0.717) is 34.0 Å². The number of aliphatic imine (C=N–C) groups is 1. The minimum absolute atomic E-state index is 0.110. The Bertz CT molecular complexity index is 1660. The van der Waals surface area contributed by atoms with Crippen LogP contribution in [0.3, 0.4) is 0 Å². The Labute approximate surface area is 213 Å². The minimum Gasteiger partial charge on any atom is -0.426 e. The molecule has 6 nitrogen and oxygen atoms in total. The van der Waals surface area contributed by atoms with E-state index in [-0.39, 0.29) is 11.8 Å². The molecular formula is C31H23NO5. The van der Waals surface area contributed by atoms with Crippen molar-refractivity contribution in [3.05, 3.63) is 107 Å². The summed E-state index contributed by atoms with van der Waals surface area (Å²) in [5.41, 5.74) is 4.58. The van der Waals surface area contributed by atoms with E-state index in [9.17, 15) is 14.4 Å². The Hall–Kier alpha value is -4.84. The number of carbonyl (C=O) groups is 3. The fraction of sp³-hybridized carbons (Fsp3) is 0.0968. The van der Waals surface area contributed by atoms with Crippen LogP contribution in [0.25, 0.3) is 16.3 Å². The van der Waals surface area contributed by atoms with Gasteiger partial charge in [-0.2, -0.15) is 0 Å². The van der Waals surface area contributed by atoms with Crippen LogP contribution in [-0.4, -0.2) is 23.4 Å². The molecule has 37 heavy (non-hydrogen) atoms. The molecule has 0 saturated heterocycles. The highest BCUT2D eigenvalue weighted by atomic mass is 16.5. The lowest BCUT2D eigenvalue weighted by Gasteiger charge is -2.20. The number of allylic oxidation sites excluding steroid dienone is 2. The summed E-state index contributed by atoms with van der Waals surface area (Å²) in [5, 5.41) is 1.53. The lowest BCUT2D eigenvalue weighted by molar-refractivity contribution is -0.132. The second-order valence-electron chi connectivity index (χ2n) is 8.72. The number of ketones is 1. The third-order valence-corrected chi connectivity index (χ3v) is 6.06. The third-order valence-electron chi connectivity index (χ3n) is 6.06. The molecular weight excluding hydrogens is 466 g/mol. The summed E-state index contributed by atoms with van der Waals surface area (Å²) in [5.74, 6) is 0.00606. The van der Waals surface area contributed by atoms with Crippen LogP contribution in [-0.2, 0) is 9.59 Å². The molecule has 6 heteroatoms. The maximum absolute atomic E-state index is 13.7. The summed E-state index contributed by atoms with van der Waals surface area (Å²) in [7, 11) is 0. The molecule has 1 aliphatic rings. The summed E-state index contributed by atoms with van der Waals surface area (Å²) in [6.45, 7) is 4.56. The fourth-order valence-corrected chi connectivity index (χ4v) is 4.48. The molecule has 0 unspecified atom stereocenters. The molecule has 182 valence electrons. The van der Waals surface area contributed by atoms with Crippen LogP contribution in [0.4, 0.5) is 5.69 Å². The van der Waals surface area contributed by atoms with Gasteiger partial charge in [0, 0.05) is 35.9 Å². The first-order valence-corrected chi connectivity index (χ1v) is 11.8. The van der Waals surface area contributed by atoms with Crippen LogP contribution in [0.2, 0.25) is 0 Å². The van der Waals surface area contributed by atoms with Crippen LogP contribution in [0.5, 0.6) is 11.5 Å². The van der Waals surface area contributed by atoms with E-state index in [2.05, 4.69) is 0 Å². The van der Waals surface area contributed by atoms with Gasteiger partial charge >= 0.3 is 11.9 Å². The average molecular weight is 490 g/mol. The lowest BCUT2D eigenvalue weighted by atomic mass is 9.84. The summed E-state index contributed by atoms with van der Waals surface area (Å²) in [6.07, 6.45) is 1.80. The number of carbonyl (C=O) groups excluding carboxylic acids is 3. The van der Waals surface area contributed by atoms with Crippen molar-refractivity contribution in [3.8, 4) is 11.5 Å². The first-order chi connectivity index (χ1) is 17.8. The van der Waals surface area contributed by atoms with E-state index >= 15 is 0 Å². The Morgan fingerprint density at radius 2 is 1.32 bits per heavy atom. The highest BCUT2D eigenvalue weighted by Gasteiger charge is 2.26. The van der Waals surface area contributed by atoms with Gasteiger partial charge in [-0.1, -0.05) is 48.5 Å². The Morgan fingerprint density at radius 1 is 0.703 bits per heavy atom. The smallest absolute Gasteiger partial charge is 0.308 e. The molecule has 0 spiro atoms. The van der Waals surface area contributed by atoms with Crippen molar-refractivity contribution in [2.45, 2.75) is 20.8 Å². The lowest BCUT2D eigenvalue weighted by Crippen LogP contribution is -2.17. The van der Waals surface area contributed by atoms with Gasteiger partial charge in [-0.05, 0) is 59.8 Å². The van der Waals surface area contributed by atoms with Gasteiger partial charge in [-0.25, -0.2) is 4.99 Å². The monoisotopic (exact) mass is 489 g/mol. The average Bonchev–Trinajstić information content (AvgIpc) is 2.87. The van der Waals surface area contributed by atoms with Crippen molar-refractivity contribution >= 4 is 45.5 Å². The zero-order valence-corrected chi connectivity index (χ0v) is 20.6. The second-order valence-corrected chi connectivity index (χ2v) is 8.72. The van der Waals surface area contributed by atoms with Gasteiger partial charge < -0.3 is 9.47 Å². The SMILES string of the molecule is CC(=O)Oc1ccc(N=C2C=C(c3ccc(OC(C)=O)c4ccccc34)C(=O)c3ccccc32)cc1C. The van der Waals surface area contributed by atoms with Crippen molar-refractivity contribution in [3.63, 3.8) is 0 Å². The van der Waals surface area contributed by atoms with E-state index in [4.69, 9.17) is 14.5 Å². The zero-order valence-electron chi connectivity index (χ0n) is 20.6. The summed E-state index contributed by atoms with van der Waals surface area (Å²) < 4.78 is 10.6. The van der Waals surface area contributed by atoms with E-state index in [1.807, 2.05) is 55.5 Å². The van der Waals surface area contributed by atoms with Crippen LogP contribution < -0.4 is 9.47 Å². The second kappa shape index (κ2) is 9.66. The van der Waals surface area contributed by atoms with E-state index in [1.54, 1.807) is 36.4 Å². The van der Waals surface area contributed by atoms with Gasteiger partial charge in [-0.3, -0.25) is 14.4 Å². The molecule has 0 heterocycles. The number of ether oxygens (including phenoxy) is 2. The predicted molar refractivity (Wildman–Crippen MR) is 143 cm³/mol. The van der Waals surface area contributed by atoms with Crippen molar-refractivity contribution in [1.29, 1.82) is 0 Å². The van der Waals surface area contributed by atoms with E-state index < -0.39 is 5.97 Å². The summed E-state index contributed by atoms with van der Waals surface area (Å²) >= 11 is 0.